The van der Waals surface area contributed by atoms with E-state index >= 15 is 0 Å². The van der Waals surface area contributed by atoms with Crippen LogP contribution in [0, 0.1) is 5.41 Å². The maximum absolute atomic E-state index is 12.3. The fraction of sp³-hybridized carbons (Fsp3) is 0.826. The van der Waals surface area contributed by atoms with Crippen molar-refractivity contribution >= 4 is 23.9 Å². The van der Waals surface area contributed by atoms with Crippen LogP contribution in [0.15, 0.2) is 4.99 Å². The topological polar surface area (TPSA) is 106 Å². The van der Waals surface area contributed by atoms with Crippen LogP contribution in [-0.4, -0.2) is 41.7 Å². The molecule has 0 spiro atoms. The molecule has 0 aliphatic heterocycles. The van der Waals surface area contributed by atoms with Crippen LogP contribution in [0.4, 0.5) is 9.59 Å². The molecule has 180 valence electrons. The fourth-order valence-corrected chi connectivity index (χ4v) is 2.35. The van der Waals surface area contributed by atoms with Gasteiger partial charge in [0.25, 0.3) is 0 Å². The van der Waals surface area contributed by atoms with Gasteiger partial charge < -0.3 is 20.1 Å². The minimum Gasteiger partial charge on any atom is -0.444 e. The van der Waals surface area contributed by atoms with Gasteiger partial charge in [0, 0.05) is 19.4 Å². The van der Waals surface area contributed by atoms with E-state index in [9.17, 15) is 14.4 Å². The molecule has 0 bridgehead atoms. The minimum atomic E-state index is -0.717. The molecule has 0 unspecified atom stereocenters. The molecule has 0 atom stereocenters. The van der Waals surface area contributed by atoms with E-state index in [2.05, 4.69) is 36.4 Å². The van der Waals surface area contributed by atoms with Gasteiger partial charge in [-0.25, -0.2) is 9.59 Å². The average Bonchev–Trinajstić information content (AvgIpc) is 2.51. The lowest BCUT2D eigenvalue weighted by atomic mass is 9.90. The Morgan fingerprint density at radius 2 is 1.35 bits per heavy atom. The van der Waals surface area contributed by atoms with Crippen molar-refractivity contribution in [2.75, 3.05) is 6.54 Å². The summed E-state index contributed by atoms with van der Waals surface area (Å²) in [6.45, 7) is 17.4. The molecule has 0 aliphatic rings. The third-order valence-electron chi connectivity index (χ3n) is 3.76. The Morgan fingerprint density at radius 3 is 1.87 bits per heavy atom. The second-order valence-electron chi connectivity index (χ2n) is 10.9. The lowest BCUT2D eigenvalue weighted by Crippen LogP contribution is -2.33. The lowest BCUT2D eigenvalue weighted by Gasteiger charge is -2.19. The van der Waals surface area contributed by atoms with E-state index < -0.39 is 23.4 Å². The van der Waals surface area contributed by atoms with Gasteiger partial charge in [-0.1, -0.05) is 27.2 Å². The summed E-state index contributed by atoms with van der Waals surface area (Å²) in [6.07, 6.45) is 2.61. The zero-order chi connectivity index (χ0) is 24.3. The standard InChI is InChI=1S/C23H43N3O5/c1-21(2,3)15-14-18(27)25-17(26-20(29)31-23(7,8)9)13-11-10-12-16-24-19(28)30-22(4,5)6/h10-16H2,1-9H3,(H,24,28)(H,25,26,27,29). The Labute approximate surface area is 187 Å². The number of nitrogens with one attached hydrogen (secondary N) is 2. The molecule has 0 saturated carbocycles. The molecule has 0 fully saturated rings. The molecule has 8 nitrogen and oxygen atoms in total. The van der Waals surface area contributed by atoms with Gasteiger partial charge in [0.05, 0.1) is 0 Å². The zero-order valence-electron chi connectivity index (χ0n) is 20.9. The number of hydrogen-bond acceptors (Lipinski definition) is 5. The summed E-state index contributed by atoms with van der Waals surface area (Å²) in [5.74, 6) is 0.150. The molecular weight excluding hydrogens is 398 g/mol. The number of unbranched alkanes of at least 4 members (excludes halogenated alkanes) is 2. The predicted octanol–water partition coefficient (Wildman–Crippen LogP) is 5.35. The molecule has 2 N–H and O–H groups in total. The number of alkyl carbamates (subject to hydrolysis) is 1. The van der Waals surface area contributed by atoms with Crippen molar-refractivity contribution in [2.45, 2.75) is 112 Å². The highest BCUT2D eigenvalue weighted by Crippen LogP contribution is 2.20. The number of rotatable bonds is 8. The van der Waals surface area contributed by atoms with Gasteiger partial charge in [-0.15, -0.1) is 0 Å². The van der Waals surface area contributed by atoms with Crippen molar-refractivity contribution in [3.8, 4) is 0 Å². The molecule has 0 aromatic carbocycles. The Bertz CT molecular complexity index is 623. The number of nitrogens with zero attached hydrogens (tertiary/aromatic N) is 1. The molecule has 0 aromatic rings. The molecule has 0 aliphatic carbocycles. The van der Waals surface area contributed by atoms with Gasteiger partial charge in [-0.3, -0.25) is 4.79 Å². The Hall–Kier alpha value is -2.12. The number of aliphatic imine (C=N–C) groups is 1. The van der Waals surface area contributed by atoms with Crippen LogP contribution < -0.4 is 10.6 Å². The van der Waals surface area contributed by atoms with Crippen molar-refractivity contribution in [1.82, 2.24) is 10.6 Å². The fourth-order valence-electron chi connectivity index (χ4n) is 2.35. The quantitative estimate of drug-likeness (QED) is 0.300. The van der Waals surface area contributed by atoms with Gasteiger partial charge in [0.15, 0.2) is 0 Å². The second-order valence-corrected chi connectivity index (χ2v) is 10.9. The summed E-state index contributed by atoms with van der Waals surface area (Å²) in [5, 5.41) is 5.47. The molecule has 0 saturated heterocycles. The number of hydrogen-bond donors (Lipinski definition) is 2. The van der Waals surface area contributed by atoms with E-state index in [1.807, 2.05) is 20.8 Å². The molecule has 0 aromatic heterocycles. The number of carbonyl (C=O) groups excluding carboxylic acids is 3. The van der Waals surface area contributed by atoms with Gasteiger partial charge >= 0.3 is 12.2 Å². The highest BCUT2D eigenvalue weighted by Gasteiger charge is 2.18. The van der Waals surface area contributed by atoms with Crippen LogP contribution >= 0.6 is 0 Å². The van der Waals surface area contributed by atoms with Crippen LogP contribution in [0.2, 0.25) is 0 Å². The van der Waals surface area contributed by atoms with Crippen LogP contribution in [0.3, 0.4) is 0 Å². The SMILES string of the molecule is CC(C)(C)CCC(=O)N/C(CCCCCNC(=O)OC(C)(C)C)=N/C(=O)OC(C)(C)C. The summed E-state index contributed by atoms with van der Waals surface area (Å²) < 4.78 is 10.4. The van der Waals surface area contributed by atoms with Gasteiger partial charge in [0.2, 0.25) is 5.91 Å². The molecule has 0 rings (SSSR count). The normalized spacial score (nSPS) is 12.9. The summed E-state index contributed by atoms with van der Waals surface area (Å²) in [6, 6.07) is 0. The van der Waals surface area contributed by atoms with E-state index in [-0.39, 0.29) is 11.3 Å². The Morgan fingerprint density at radius 1 is 0.774 bits per heavy atom. The van der Waals surface area contributed by atoms with Crippen LogP contribution in [0.1, 0.15) is 101 Å². The first-order valence-corrected chi connectivity index (χ1v) is 11.0. The number of ether oxygens (including phenoxy) is 2. The smallest absolute Gasteiger partial charge is 0.435 e. The number of amides is 3. The molecule has 8 heteroatoms. The van der Waals surface area contributed by atoms with E-state index in [0.717, 1.165) is 19.3 Å². The molecular formula is C23H43N3O5. The van der Waals surface area contributed by atoms with Crippen molar-refractivity contribution in [3.63, 3.8) is 0 Å². The first-order valence-electron chi connectivity index (χ1n) is 11.0. The first kappa shape index (κ1) is 28.9. The molecule has 0 radical (unpaired) electrons. The largest absolute Gasteiger partial charge is 0.444 e. The number of carbonyl (C=O) groups is 3. The maximum Gasteiger partial charge on any atom is 0.435 e. The van der Waals surface area contributed by atoms with E-state index in [4.69, 9.17) is 9.47 Å². The summed E-state index contributed by atoms with van der Waals surface area (Å²) >= 11 is 0. The van der Waals surface area contributed by atoms with Crippen LogP contribution in [0.5, 0.6) is 0 Å². The van der Waals surface area contributed by atoms with Crippen molar-refractivity contribution in [2.24, 2.45) is 10.4 Å². The Kier molecular flexibility index (Phi) is 11.8. The molecule has 3 amide bonds. The van der Waals surface area contributed by atoms with Gasteiger partial charge in [0.1, 0.15) is 17.0 Å². The average molecular weight is 442 g/mol. The summed E-state index contributed by atoms with van der Waals surface area (Å²) in [7, 11) is 0. The van der Waals surface area contributed by atoms with Crippen molar-refractivity contribution < 1.29 is 23.9 Å². The highest BCUT2D eigenvalue weighted by atomic mass is 16.6. The zero-order valence-corrected chi connectivity index (χ0v) is 20.9. The molecule has 0 heterocycles. The molecule has 31 heavy (non-hydrogen) atoms. The van der Waals surface area contributed by atoms with E-state index in [1.54, 1.807) is 20.8 Å². The Balaban J connectivity index is 4.62. The van der Waals surface area contributed by atoms with E-state index in [1.165, 1.54) is 0 Å². The van der Waals surface area contributed by atoms with Crippen LogP contribution in [0.25, 0.3) is 0 Å². The monoisotopic (exact) mass is 441 g/mol. The predicted molar refractivity (Wildman–Crippen MR) is 123 cm³/mol. The number of amidine groups is 1. The lowest BCUT2D eigenvalue weighted by molar-refractivity contribution is -0.120. The minimum absolute atomic E-state index is 0.0426. The maximum atomic E-state index is 12.3. The third-order valence-corrected chi connectivity index (χ3v) is 3.76. The van der Waals surface area contributed by atoms with Crippen molar-refractivity contribution in [3.05, 3.63) is 0 Å². The van der Waals surface area contributed by atoms with Gasteiger partial charge in [-0.2, -0.15) is 4.99 Å². The van der Waals surface area contributed by atoms with Crippen molar-refractivity contribution in [1.29, 1.82) is 0 Å². The highest BCUT2D eigenvalue weighted by molar-refractivity contribution is 6.02. The summed E-state index contributed by atoms with van der Waals surface area (Å²) in [5.41, 5.74) is -1.14. The first-order chi connectivity index (χ1) is 14.0. The summed E-state index contributed by atoms with van der Waals surface area (Å²) in [4.78, 5) is 40.0. The van der Waals surface area contributed by atoms with E-state index in [0.29, 0.717) is 31.6 Å². The van der Waals surface area contributed by atoms with Gasteiger partial charge in [-0.05, 0) is 66.2 Å². The second kappa shape index (κ2) is 12.7. The third kappa shape index (κ3) is 19.6. The van der Waals surface area contributed by atoms with Crippen LogP contribution in [-0.2, 0) is 14.3 Å².